The molecule has 2 aromatic heterocycles. The number of pyridine rings is 1. The molecule has 0 amide bonds. The van der Waals surface area contributed by atoms with Crippen LogP contribution in [-0.2, 0) is 6.42 Å². The van der Waals surface area contributed by atoms with Crippen molar-refractivity contribution in [2.75, 3.05) is 13.7 Å². The molecule has 182 valence electrons. The molecule has 5 rings (SSSR count). The van der Waals surface area contributed by atoms with Gasteiger partial charge in [0.1, 0.15) is 5.56 Å². The Bertz CT molecular complexity index is 1440. The van der Waals surface area contributed by atoms with E-state index in [1.807, 2.05) is 17.6 Å². The predicted octanol–water partition coefficient (Wildman–Crippen LogP) is 4.30. The lowest BCUT2D eigenvalue weighted by Gasteiger charge is -2.17. The number of aromatic nitrogens is 1. The number of aromatic carboxylic acids is 1. The summed E-state index contributed by atoms with van der Waals surface area (Å²) in [5.41, 5.74) is 5.84. The lowest BCUT2D eigenvalue weighted by atomic mass is 9.96. The van der Waals surface area contributed by atoms with Gasteiger partial charge in [0.2, 0.25) is 5.43 Å². The summed E-state index contributed by atoms with van der Waals surface area (Å²) in [6.07, 6.45) is 6.20. The minimum absolute atomic E-state index is 0.169. The molecule has 2 aliphatic rings. The zero-order valence-corrected chi connectivity index (χ0v) is 21.1. The maximum atomic E-state index is 13.0. The number of hydrogen-bond donors (Lipinski definition) is 3. The van der Waals surface area contributed by atoms with Crippen LogP contribution >= 0.6 is 23.6 Å². The number of ether oxygens (including phenoxy) is 1. The zero-order chi connectivity index (χ0) is 24.7. The number of aryl methyl sites for hydroxylation is 1. The molecular formula is C25H26N4O4S2. The molecular weight excluding hydrogens is 484 g/mol. The number of nitrogens with one attached hydrogen (secondary N) is 2. The first-order valence-electron chi connectivity index (χ1n) is 11.7. The largest absolute Gasteiger partial charge is 0.494 e. The number of benzene rings is 1. The number of hydrazone groups is 1. The van der Waals surface area contributed by atoms with Crippen molar-refractivity contribution in [2.45, 2.75) is 45.1 Å². The first-order valence-corrected chi connectivity index (χ1v) is 12.9. The third-order valence-electron chi connectivity index (χ3n) is 6.35. The number of rotatable bonds is 6. The van der Waals surface area contributed by atoms with Crippen LogP contribution in [-0.4, -0.2) is 40.1 Å². The van der Waals surface area contributed by atoms with Crippen LogP contribution in [0, 0.1) is 0 Å². The molecule has 1 fully saturated rings. The van der Waals surface area contributed by atoms with Crippen molar-refractivity contribution in [2.24, 2.45) is 5.10 Å². The Morgan fingerprint density at radius 2 is 2.11 bits per heavy atom. The molecule has 1 aromatic carbocycles. The number of hydrogen-bond acceptors (Lipinski definition) is 6. The highest BCUT2D eigenvalue weighted by Crippen LogP contribution is 2.45. The summed E-state index contributed by atoms with van der Waals surface area (Å²) < 4.78 is 7.79. The van der Waals surface area contributed by atoms with E-state index in [-0.39, 0.29) is 11.6 Å². The molecule has 2 aliphatic carbocycles. The molecule has 0 spiro atoms. The molecule has 8 nitrogen and oxygen atoms in total. The molecule has 2 heterocycles. The monoisotopic (exact) mass is 510 g/mol. The van der Waals surface area contributed by atoms with E-state index in [2.05, 4.69) is 21.9 Å². The highest BCUT2D eigenvalue weighted by atomic mass is 32.1. The van der Waals surface area contributed by atoms with E-state index in [9.17, 15) is 14.7 Å². The van der Waals surface area contributed by atoms with Crippen LogP contribution in [0.25, 0.3) is 21.3 Å². The highest BCUT2D eigenvalue weighted by molar-refractivity contribution is 7.80. The van der Waals surface area contributed by atoms with E-state index in [1.165, 1.54) is 11.1 Å². The number of carbonyl (C=O) groups is 1. The van der Waals surface area contributed by atoms with E-state index in [4.69, 9.17) is 17.0 Å². The van der Waals surface area contributed by atoms with Crippen molar-refractivity contribution >= 4 is 51.3 Å². The molecule has 3 aromatic rings. The van der Waals surface area contributed by atoms with Crippen molar-refractivity contribution in [3.05, 3.63) is 50.6 Å². The number of carboxylic acid groups (broad SMARTS) is 1. The fourth-order valence-corrected chi connectivity index (χ4v) is 6.02. The molecule has 0 bridgehead atoms. The van der Waals surface area contributed by atoms with Gasteiger partial charge in [0.25, 0.3) is 0 Å². The smallest absolute Gasteiger partial charge is 0.341 e. The van der Waals surface area contributed by atoms with E-state index in [0.29, 0.717) is 21.8 Å². The van der Waals surface area contributed by atoms with E-state index in [0.717, 1.165) is 60.4 Å². The second-order valence-corrected chi connectivity index (χ2v) is 10.2. The van der Waals surface area contributed by atoms with Gasteiger partial charge in [0, 0.05) is 39.7 Å². The lowest BCUT2D eigenvalue weighted by Crippen LogP contribution is -2.32. The summed E-state index contributed by atoms with van der Waals surface area (Å²) >= 11 is 6.94. The van der Waals surface area contributed by atoms with Crippen molar-refractivity contribution in [1.82, 2.24) is 15.3 Å². The number of fused-ring (bicyclic) bond motifs is 2. The van der Waals surface area contributed by atoms with Crippen molar-refractivity contribution < 1.29 is 14.6 Å². The molecule has 0 radical (unpaired) electrons. The van der Waals surface area contributed by atoms with Gasteiger partial charge >= 0.3 is 5.97 Å². The summed E-state index contributed by atoms with van der Waals surface area (Å²) in [5, 5.41) is 18.0. The van der Waals surface area contributed by atoms with Crippen molar-refractivity contribution in [3.8, 4) is 16.2 Å². The Balaban J connectivity index is 1.64. The highest BCUT2D eigenvalue weighted by Gasteiger charge is 2.30. The molecule has 0 atom stereocenters. The normalized spacial score (nSPS) is 16.2. The number of thiophene rings is 1. The minimum Gasteiger partial charge on any atom is -0.494 e. The van der Waals surface area contributed by atoms with Gasteiger partial charge in [-0.05, 0) is 69.4 Å². The summed E-state index contributed by atoms with van der Waals surface area (Å²) in [4.78, 5) is 27.0. The molecule has 0 aliphatic heterocycles. The Labute approximate surface area is 211 Å². The topological polar surface area (TPSA) is 105 Å². The Hall–Kier alpha value is -3.24. The third kappa shape index (κ3) is 4.32. The number of thiocarbonyl (C=S) groups is 1. The van der Waals surface area contributed by atoms with E-state index in [1.54, 1.807) is 24.5 Å². The summed E-state index contributed by atoms with van der Waals surface area (Å²) in [6, 6.07) is 5.88. The number of nitrogens with zero attached hydrogens (tertiary/aromatic N) is 2. The molecule has 0 unspecified atom stereocenters. The van der Waals surface area contributed by atoms with Gasteiger partial charge in [-0.2, -0.15) is 5.10 Å². The van der Waals surface area contributed by atoms with Gasteiger partial charge in [0.15, 0.2) is 10.9 Å². The summed E-state index contributed by atoms with van der Waals surface area (Å²) in [5.74, 6) is -0.624. The van der Waals surface area contributed by atoms with Crippen LogP contribution < -0.4 is 20.9 Å². The first-order chi connectivity index (χ1) is 16.9. The zero-order valence-electron chi connectivity index (χ0n) is 19.5. The maximum absolute atomic E-state index is 13.0. The lowest BCUT2D eigenvalue weighted by molar-refractivity contribution is 0.0695. The Morgan fingerprint density at radius 1 is 1.31 bits per heavy atom. The maximum Gasteiger partial charge on any atom is 0.341 e. The number of carboxylic acids is 1. The first kappa shape index (κ1) is 23.5. The molecule has 35 heavy (non-hydrogen) atoms. The SMILES string of the molecule is CCNC(=S)NN=C1CCCc2sc(-c3ccc4c(=O)c(C(=O)O)cn(C5CC5)c4c3OC)cc21. The summed E-state index contributed by atoms with van der Waals surface area (Å²) in [7, 11) is 1.59. The minimum atomic E-state index is -1.21. The second-order valence-electron chi connectivity index (χ2n) is 8.69. The van der Waals surface area contributed by atoms with Crippen LogP contribution in [0.1, 0.15) is 59.4 Å². The van der Waals surface area contributed by atoms with Gasteiger partial charge in [-0.1, -0.05) is 0 Å². The van der Waals surface area contributed by atoms with Crippen LogP contribution in [0.15, 0.2) is 34.3 Å². The Morgan fingerprint density at radius 3 is 2.80 bits per heavy atom. The predicted molar refractivity (Wildman–Crippen MR) is 142 cm³/mol. The van der Waals surface area contributed by atoms with Crippen molar-refractivity contribution in [1.29, 1.82) is 0 Å². The third-order valence-corrected chi connectivity index (χ3v) is 7.82. The fourth-order valence-electron chi connectivity index (χ4n) is 4.59. The van der Waals surface area contributed by atoms with Gasteiger partial charge < -0.3 is 19.7 Å². The van der Waals surface area contributed by atoms with Gasteiger partial charge in [-0.3, -0.25) is 10.2 Å². The molecule has 1 saturated carbocycles. The molecule has 3 N–H and O–H groups in total. The second kappa shape index (κ2) is 9.43. The Kier molecular flexibility index (Phi) is 6.33. The molecule has 10 heteroatoms. The van der Waals surface area contributed by atoms with Gasteiger partial charge in [0.05, 0.1) is 23.7 Å². The summed E-state index contributed by atoms with van der Waals surface area (Å²) in [6.45, 7) is 2.71. The van der Waals surface area contributed by atoms with Gasteiger partial charge in [-0.15, -0.1) is 11.3 Å². The number of methoxy groups -OCH3 is 1. The fraction of sp³-hybridized carbons (Fsp3) is 0.360. The average molecular weight is 511 g/mol. The van der Waals surface area contributed by atoms with Crippen LogP contribution in [0.3, 0.4) is 0 Å². The van der Waals surface area contributed by atoms with Crippen LogP contribution in [0.2, 0.25) is 0 Å². The quantitative estimate of drug-likeness (QED) is 0.336. The van der Waals surface area contributed by atoms with Crippen LogP contribution in [0.4, 0.5) is 0 Å². The van der Waals surface area contributed by atoms with E-state index >= 15 is 0 Å². The average Bonchev–Trinajstić information content (AvgIpc) is 3.59. The van der Waals surface area contributed by atoms with Gasteiger partial charge in [-0.25, -0.2) is 4.79 Å². The molecule has 0 saturated heterocycles. The van der Waals surface area contributed by atoms with E-state index < -0.39 is 11.4 Å². The van der Waals surface area contributed by atoms with Crippen LogP contribution in [0.5, 0.6) is 5.75 Å². The van der Waals surface area contributed by atoms with Crippen molar-refractivity contribution in [3.63, 3.8) is 0 Å². The standard InChI is InChI=1S/C25H26N4O4S2/c1-3-26-25(34)28-27-18-5-4-6-19-16(18)11-20(35-19)14-9-10-15-21(23(14)33-2)29(13-7-8-13)12-17(22(15)30)24(31)32/h9-13H,3-8H2,1-2H3,(H,31,32)(H2,26,28,34).